The first-order chi connectivity index (χ1) is 12.1. The van der Waals surface area contributed by atoms with Crippen LogP contribution in [-0.2, 0) is 5.75 Å². The zero-order valence-electron chi connectivity index (χ0n) is 13.4. The molecule has 0 spiro atoms. The third-order valence-electron chi connectivity index (χ3n) is 3.60. The summed E-state index contributed by atoms with van der Waals surface area (Å²) in [4.78, 5) is 22.8. The van der Waals surface area contributed by atoms with Crippen molar-refractivity contribution in [3.05, 3.63) is 86.5 Å². The molecule has 0 bridgehead atoms. The van der Waals surface area contributed by atoms with Crippen LogP contribution >= 0.6 is 23.4 Å². The van der Waals surface area contributed by atoms with Crippen molar-refractivity contribution in [2.24, 2.45) is 0 Å². The largest absolute Gasteiger partial charge is 0.311 e. The molecule has 124 valence electrons. The van der Waals surface area contributed by atoms with E-state index in [0.29, 0.717) is 27.2 Å². The van der Waals surface area contributed by atoms with Crippen LogP contribution in [-0.4, -0.2) is 9.97 Å². The molecule has 0 aliphatic heterocycles. The Morgan fingerprint density at radius 3 is 2.48 bits per heavy atom. The molecule has 6 heteroatoms. The van der Waals surface area contributed by atoms with Gasteiger partial charge in [-0.05, 0) is 30.2 Å². The van der Waals surface area contributed by atoms with E-state index < -0.39 is 5.56 Å². The molecule has 2 aromatic carbocycles. The number of aromatic nitrogens is 2. The van der Waals surface area contributed by atoms with Crippen LogP contribution in [0.2, 0.25) is 5.02 Å². The van der Waals surface area contributed by atoms with Gasteiger partial charge in [-0.3, -0.25) is 4.79 Å². The van der Waals surface area contributed by atoms with Crippen LogP contribution in [0.25, 0.3) is 16.1 Å². The van der Waals surface area contributed by atoms with Gasteiger partial charge in [0.1, 0.15) is 0 Å². The predicted molar refractivity (Wildman–Crippen MR) is 102 cm³/mol. The molecule has 1 N–H and O–H groups in total. The summed E-state index contributed by atoms with van der Waals surface area (Å²) in [7, 11) is 0. The van der Waals surface area contributed by atoms with Crippen molar-refractivity contribution in [2.75, 3.05) is 0 Å². The number of aryl methyl sites for hydroxylation is 1. The summed E-state index contributed by atoms with van der Waals surface area (Å²) >= 11 is 7.34. The van der Waals surface area contributed by atoms with E-state index in [2.05, 4.69) is 14.8 Å². The highest BCUT2D eigenvalue weighted by Crippen LogP contribution is 2.29. The van der Waals surface area contributed by atoms with Gasteiger partial charge in [-0.1, -0.05) is 65.3 Å². The molecule has 25 heavy (non-hydrogen) atoms. The summed E-state index contributed by atoms with van der Waals surface area (Å²) in [6.45, 7) is 9.32. The Bertz CT molecular complexity index is 989. The van der Waals surface area contributed by atoms with Crippen LogP contribution in [0.3, 0.4) is 0 Å². The van der Waals surface area contributed by atoms with E-state index in [0.717, 1.165) is 5.56 Å². The van der Waals surface area contributed by atoms with Crippen LogP contribution in [0.15, 0.2) is 58.5 Å². The fourth-order valence-electron chi connectivity index (χ4n) is 2.26. The standard InChI is InChI=1S/C19H14ClN3OS/c1-12-3-5-13(6-4-12)11-25-19-22-16(17(21-2)18(24)23-19)14-7-9-15(20)10-8-14/h3-10H,11H2,1H3,(H,22,23,24). The van der Waals surface area contributed by atoms with Crippen LogP contribution in [0, 0.1) is 13.5 Å². The lowest BCUT2D eigenvalue weighted by Crippen LogP contribution is -2.09. The van der Waals surface area contributed by atoms with Gasteiger partial charge < -0.3 is 4.98 Å². The maximum atomic E-state index is 12.2. The van der Waals surface area contributed by atoms with Gasteiger partial charge in [-0.15, -0.1) is 0 Å². The Hall–Kier alpha value is -2.55. The lowest BCUT2D eigenvalue weighted by Gasteiger charge is -2.07. The zero-order chi connectivity index (χ0) is 17.8. The van der Waals surface area contributed by atoms with Gasteiger partial charge in [0.05, 0.1) is 12.3 Å². The molecule has 0 aliphatic carbocycles. The maximum absolute atomic E-state index is 12.2. The second-order valence-electron chi connectivity index (χ2n) is 5.46. The number of halogens is 1. The van der Waals surface area contributed by atoms with E-state index >= 15 is 0 Å². The Kier molecular flexibility index (Phi) is 5.22. The van der Waals surface area contributed by atoms with E-state index in [1.807, 2.05) is 31.2 Å². The monoisotopic (exact) mass is 367 g/mol. The Balaban J connectivity index is 1.93. The van der Waals surface area contributed by atoms with Crippen LogP contribution < -0.4 is 5.56 Å². The molecule has 0 amide bonds. The van der Waals surface area contributed by atoms with Crippen molar-refractivity contribution in [1.29, 1.82) is 0 Å². The Labute approximate surface area is 154 Å². The highest BCUT2D eigenvalue weighted by molar-refractivity contribution is 7.98. The first-order valence-corrected chi connectivity index (χ1v) is 8.89. The molecule has 0 saturated heterocycles. The minimum absolute atomic E-state index is 0.0120. The summed E-state index contributed by atoms with van der Waals surface area (Å²) in [5.41, 5.74) is 2.97. The molecule has 1 aromatic heterocycles. The van der Waals surface area contributed by atoms with Crippen molar-refractivity contribution in [3.8, 4) is 11.3 Å². The van der Waals surface area contributed by atoms with Crippen LogP contribution in [0.5, 0.6) is 0 Å². The van der Waals surface area contributed by atoms with Crippen molar-refractivity contribution in [1.82, 2.24) is 9.97 Å². The summed E-state index contributed by atoms with van der Waals surface area (Å²) in [6.07, 6.45) is 0. The molecule has 0 saturated carbocycles. The minimum atomic E-state index is -0.429. The van der Waals surface area contributed by atoms with Gasteiger partial charge >= 0.3 is 0 Å². The summed E-state index contributed by atoms with van der Waals surface area (Å²) in [6, 6.07) is 15.1. The third-order valence-corrected chi connectivity index (χ3v) is 4.80. The van der Waals surface area contributed by atoms with Crippen molar-refractivity contribution >= 4 is 29.1 Å². The average Bonchev–Trinajstić information content (AvgIpc) is 2.61. The van der Waals surface area contributed by atoms with E-state index in [9.17, 15) is 4.79 Å². The topological polar surface area (TPSA) is 50.1 Å². The lowest BCUT2D eigenvalue weighted by molar-refractivity contribution is 0.949. The fourth-order valence-corrected chi connectivity index (χ4v) is 3.21. The van der Waals surface area contributed by atoms with Crippen LogP contribution in [0.4, 0.5) is 5.69 Å². The van der Waals surface area contributed by atoms with Crippen molar-refractivity contribution in [3.63, 3.8) is 0 Å². The second-order valence-corrected chi connectivity index (χ2v) is 6.86. The molecule has 3 aromatic rings. The molecule has 0 radical (unpaired) electrons. The van der Waals surface area contributed by atoms with Gasteiger partial charge in [0.2, 0.25) is 0 Å². The smallest absolute Gasteiger partial charge is 0.276 e. The summed E-state index contributed by atoms with van der Waals surface area (Å²) in [5, 5.41) is 1.08. The first kappa shape index (κ1) is 17.3. The number of nitrogens with one attached hydrogen (secondary N) is 1. The summed E-state index contributed by atoms with van der Waals surface area (Å²) < 4.78 is 0. The van der Waals surface area contributed by atoms with Crippen molar-refractivity contribution < 1.29 is 0 Å². The number of hydrogen-bond acceptors (Lipinski definition) is 3. The quantitative estimate of drug-likeness (QED) is 0.389. The molecule has 0 fully saturated rings. The number of H-pyrrole nitrogens is 1. The predicted octanol–water partition coefficient (Wildman–Crippen LogP) is 5.24. The number of thioether (sulfide) groups is 1. The van der Waals surface area contributed by atoms with Gasteiger partial charge in [-0.25, -0.2) is 9.83 Å². The van der Waals surface area contributed by atoms with Crippen LogP contribution in [0.1, 0.15) is 11.1 Å². The van der Waals surface area contributed by atoms with Gasteiger partial charge in [0.25, 0.3) is 11.2 Å². The molecule has 3 rings (SSSR count). The van der Waals surface area contributed by atoms with E-state index in [1.165, 1.54) is 17.3 Å². The number of aromatic amines is 1. The SMILES string of the molecule is [C-]#[N+]c1c(-c2ccc(Cl)cc2)nc(SCc2ccc(C)cc2)[nH]c1=O. The number of benzene rings is 2. The molecular weight excluding hydrogens is 354 g/mol. The molecular formula is C19H14ClN3OS. The maximum Gasteiger partial charge on any atom is 0.276 e. The second kappa shape index (κ2) is 7.56. The van der Waals surface area contributed by atoms with E-state index in [1.54, 1.807) is 24.3 Å². The molecule has 0 aliphatic rings. The normalized spacial score (nSPS) is 10.4. The molecule has 0 atom stereocenters. The Morgan fingerprint density at radius 2 is 1.84 bits per heavy atom. The number of rotatable bonds is 4. The van der Waals surface area contributed by atoms with Gasteiger partial charge in [0.15, 0.2) is 5.16 Å². The van der Waals surface area contributed by atoms with Gasteiger partial charge in [-0.2, -0.15) is 0 Å². The summed E-state index contributed by atoms with van der Waals surface area (Å²) in [5.74, 6) is 0.681. The van der Waals surface area contributed by atoms with Crippen molar-refractivity contribution in [2.45, 2.75) is 17.8 Å². The number of hydrogen-bond donors (Lipinski definition) is 1. The van der Waals surface area contributed by atoms with E-state index in [4.69, 9.17) is 18.2 Å². The first-order valence-electron chi connectivity index (χ1n) is 7.53. The fraction of sp³-hybridized carbons (Fsp3) is 0.105. The molecule has 4 nitrogen and oxygen atoms in total. The minimum Gasteiger partial charge on any atom is -0.311 e. The number of nitrogens with zero attached hydrogens (tertiary/aromatic N) is 2. The third kappa shape index (κ3) is 4.11. The highest BCUT2D eigenvalue weighted by Gasteiger charge is 2.14. The lowest BCUT2D eigenvalue weighted by atomic mass is 10.1. The average molecular weight is 368 g/mol. The Morgan fingerprint density at radius 1 is 1.16 bits per heavy atom. The highest BCUT2D eigenvalue weighted by atomic mass is 35.5. The van der Waals surface area contributed by atoms with Gasteiger partial charge in [0, 0.05) is 10.8 Å². The zero-order valence-corrected chi connectivity index (χ0v) is 15.0. The molecule has 0 unspecified atom stereocenters. The van der Waals surface area contributed by atoms with E-state index in [-0.39, 0.29) is 5.69 Å². The molecule has 1 heterocycles.